The molecule has 1 heterocycles. The average molecular weight is 223 g/mol. The lowest BCUT2D eigenvalue weighted by Crippen LogP contribution is -2.29. The van der Waals surface area contributed by atoms with E-state index in [2.05, 4.69) is 0 Å². The molecule has 3 nitrogen and oxygen atoms in total. The average Bonchev–Trinajstić information content (AvgIpc) is 2.91. The minimum absolute atomic E-state index is 0.0300. The maximum Gasteiger partial charge on any atom is 0.263 e. The van der Waals surface area contributed by atoms with Crippen LogP contribution >= 0.6 is 11.3 Å². The Hall–Kier alpha value is -1.16. The smallest absolute Gasteiger partial charge is 0.263 e. The summed E-state index contributed by atoms with van der Waals surface area (Å²) in [4.78, 5) is 26.0. The molecule has 0 bridgehead atoms. The Morgan fingerprint density at radius 2 is 2.33 bits per heavy atom. The molecule has 1 fully saturated rings. The minimum Gasteiger partial charge on any atom is -0.337 e. The van der Waals surface area contributed by atoms with E-state index in [1.165, 1.54) is 11.3 Å². The van der Waals surface area contributed by atoms with Gasteiger partial charge >= 0.3 is 0 Å². The number of aldehydes is 1. The van der Waals surface area contributed by atoms with E-state index in [4.69, 9.17) is 0 Å². The monoisotopic (exact) mass is 223 g/mol. The van der Waals surface area contributed by atoms with Crippen LogP contribution in [0.1, 0.15) is 21.0 Å². The molecule has 0 N–H and O–H groups in total. The highest BCUT2D eigenvalue weighted by atomic mass is 32.1. The third kappa shape index (κ3) is 1.95. The van der Waals surface area contributed by atoms with Crippen molar-refractivity contribution in [3.63, 3.8) is 0 Å². The highest BCUT2D eigenvalue weighted by Crippen LogP contribution is 2.34. The van der Waals surface area contributed by atoms with E-state index in [1.54, 1.807) is 11.9 Å². The second kappa shape index (κ2) is 3.77. The summed E-state index contributed by atoms with van der Waals surface area (Å²) in [5.74, 6) is 0.0856. The standard InChI is InChI=1S/C11H13NO2S/c1-7-3-4-10(15-7)11(14)12(2)9-5-8(9)6-13/h3-4,6,8-9H,5H2,1-2H3. The molecule has 4 heteroatoms. The predicted molar refractivity (Wildman–Crippen MR) is 59.1 cm³/mol. The molecule has 1 saturated carbocycles. The molecule has 1 aromatic rings. The molecule has 15 heavy (non-hydrogen) atoms. The Morgan fingerprint density at radius 3 is 2.80 bits per heavy atom. The van der Waals surface area contributed by atoms with Crippen LogP contribution in [0.2, 0.25) is 0 Å². The third-order valence-corrected chi connectivity index (χ3v) is 3.74. The van der Waals surface area contributed by atoms with Crippen molar-refractivity contribution in [1.82, 2.24) is 4.90 Å². The maximum atomic E-state index is 11.9. The molecule has 0 aromatic carbocycles. The van der Waals surface area contributed by atoms with Crippen LogP contribution in [0.3, 0.4) is 0 Å². The maximum absolute atomic E-state index is 11.9. The molecule has 0 saturated heterocycles. The van der Waals surface area contributed by atoms with Crippen molar-refractivity contribution in [2.75, 3.05) is 7.05 Å². The van der Waals surface area contributed by atoms with Gasteiger partial charge in [0.15, 0.2) is 0 Å². The van der Waals surface area contributed by atoms with Crippen molar-refractivity contribution < 1.29 is 9.59 Å². The van der Waals surface area contributed by atoms with Crippen LogP contribution < -0.4 is 0 Å². The molecule has 80 valence electrons. The van der Waals surface area contributed by atoms with Crippen molar-refractivity contribution in [3.05, 3.63) is 21.9 Å². The van der Waals surface area contributed by atoms with E-state index >= 15 is 0 Å². The Labute approximate surface area is 92.7 Å². The zero-order valence-corrected chi connectivity index (χ0v) is 9.58. The van der Waals surface area contributed by atoms with Gasteiger partial charge in [-0.1, -0.05) is 0 Å². The molecular formula is C11H13NO2S. The molecule has 2 unspecified atom stereocenters. The number of thiophene rings is 1. The molecule has 1 amide bonds. The van der Waals surface area contributed by atoms with E-state index in [0.717, 1.165) is 22.5 Å². The van der Waals surface area contributed by atoms with Gasteiger partial charge in [0, 0.05) is 23.9 Å². The normalized spacial score (nSPS) is 23.6. The van der Waals surface area contributed by atoms with Crippen LogP contribution in [-0.2, 0) is 4.79 Å². The summed E-state index contributed by atoms with van der Waals surface area (Å²) in [6.45, 7) is 1.98. The van der Waals surface area contributed by atoms with Gasteiger partial charge in [-0.25, -0.2) is 0 Å². The fourth-order valence-corrected chi connectivity index (χ4v) is 2.52. The first-order chi connectivity index (χ1) is 7.13. The Bertz CT molecular complexity index is 399. The van der Waals surface area contributed by atoms with Crippen LogP contribution in [0.4, 0.5) is 0 Å². The molecule has 1 aliphatic carbocycles. The number of carbonyl (C=O) groups is 2. The summed E-state index contributed by atoms with van der Waals surface area (Å²) in [5, 5.41) is 0. The summed E-state index contributed by atoms with van der Waals surface area (Å²) in [5.41, 5.74) is 0. The molecule has 1 aliphatic rings. The quantitative estimate of drug-likeness (QED) is 0.732. The second-order valence-electron chi connectivity index (χ2n) is 3.93. The molecule has 0 aliphatic heterocycles. The number of rotatable bonds is 3. The first kappa shape index (κ1) is 10.4. The lowest BCUT2D eigenvalue weighted by Gasteiger charge is -2.15. The molecule has 0 spiro atoms. The van der Waals surface area contributed by atoms with Crippen molar-refractivity contribution >= 4 is 23.5 Å². The molecule has 0 radical (unpaired) electrons. The van der Waals surface area contributed by atoms with E-state index in [0.29, 0.717) is 0 Å². The zero-order chi connectivity index (χ0) is 11.0. The lowest BCUT2D eigenvalue weighted by molar-refractivity contribution is -0.109. The van der Waals surface area contributed by atoms with Gasteiger partial charge in [0.2, 0.25) is 0 Å². The topological polar surface area (TPSA) is 37.4 Å². The number of hydrogen-bond acceptors (Lipinski definition) is 3. The first-order valence-corrected chi connectivity index (χ1v) is 5.74. The Balaban J connectivity index is 2.05. The van der Waals surface area contributed by atoms with Gasteiger partial charge in [0.25, 0.3) is 5.91 Å². The Kier molecular flexibility index (Phi) is 2.61. The van der Waals surface area contributed by atoms with E-state index in [-0.39, 0.29) is 17.9 Å². The van der Waals surface area contributed by atoms with Gasteiger partial charge in [-0.2, -0.15) is 0 Å². The van der Waals surface area contributed by atoms with Crippen LogP contribution in [0, 0.1) is 12.8 Å². The van der Waals surface area contributed by atoms with Crippen LogP contribution in [0.15, 0.2) is 12.1 Å². The van der Waals surface area contributed by atoms with Crippen molar-refractivity contribution in [3.8, 4) is 0 Å². The van der Waals surface area contributed by atoms with Crippen molar-refractivity contribution in [1.29, 1.82) is 0 Å². The van der Waals surface area contributed by atoms with Gasteiger partial charge < -0.3 is 9.69 Å². The second-order valence-corrected chi connectivity index (χ2v) is 5.22. The zero-order valence-electron chi connectivity index (χ0n) is 8.77. The van der Waals surface area contributed by atoms with Crippen LogP contribution in [0.25, 0.3) is 0 Å². The summed E-state index contributed by atoms with van der Waals surface area (Å²) in [6.07, 6.45) is 1.75. The van der Waals surface area contributed by atoms with E-state index in [1.807, 2.05) is 19.1 Å². The van der Waals surface area contributed by atoms with Gasteiger partial charge in [-0.3, -0.25) is 4.79 Å². The highest BCUT2D eigenvalue weighted by molar-refractivity contribution is 7.13. The Morgan fingerprint density at radius 1 is 1.60 bits per heavy atom. The number of amides is 1. The summed E-state index contributed by atoms with van der Waals surface area (Å²) in [7, 11) is 1.77. The van der Waals surface area contributed by atoms with Crippen LogP contribution in [0.5, 0.6) is 0 Å². The van der Waals surface area contributed by atoms with Crippen molar-refractivity contribution in [2.24, 2.45) is 5.92 Å². The van der Waals surface area contributed by atoms with Gasteiger partial charge in [-0.05, 0) is 25.5 Å². The number of hydrogen-bond donors (Lipinski definition) is 0. The number of nitrogens with zero attached hydrogens (tertiary/aromatic N) is 1. The van der Waals surface area contributed by atoms with Gasteiger partial charge in [0.1, 0.15) is 6.29 Å². The highest BCUT2D eigenvalue weighted by Gasteiger charge is 2.42. The van der Waals surface area contributed by atoms with Gasteiger partial charge in [0.05, 0.1) is 4.88 Å². The fourth-order valence-electron chi connectivity index (χ4n) is 1.67. The molecule has 2 atom stereocenters. The lowest BCUT2D eigenvalue weighted by atomic mass is 10.3. The van der Waals surface area contributed by atoms with Gasteiger partial charge in [-0.15, -0.1) is 11.3 Å². The summed E-state index contributed by atoms with van der Waals surface area (Å²) >= 11 is 1.50. The summed E-state index contributed by atoms with van der Waals surface area (Å²) in [6, 6.07) is 3.91. The molecule has 1 aromatic heterocycles. The van der Waals surface area contributed by atoms with E-state index < -0.39 is 0 Å². The number of aryl methyl sites for hydroxylation is 1. The SMILES string of the molecule is Cc1ccc(C(=O)N(C)C2CC2C=O)s1. The minimum atomic E-state index is 0.0300. The first-order valence-electron chi connectivity index (χ1n) is 4.92. The molecule has 2 rings (SSSR count). The molecular weight excluding hydrogens is 210 g/mol. The van der Waals surface area contributed by atoms with Crippen LogP contribution in [-0.4, -0.2) is 30.2 Å². The van der Waals surface area contributed by atoms with E-state index in [9.17, 15) is 9.59 Å². The van der Waals surface area contributed by atoms with Crippen molar-refractivity contribution in [2.45, 2.75) is 19.4 Å². The number of carbonyl (C=O) groups excluding carboxylic acids is 2. The summed E-state index contributed by atoms with van der Waals surface area (Å²) < 4.78 is 0. The largest absolute Gasteiger partial charge is 0.337 e. The third-order valence-electron chi connectivity index (χ3n) is 2.75. The predicted octanol–water partition coefficient (Wildman–Crippen LogP) is 1.72. The fraction of sp³-hybridized carbons (Fsp3) is 0.455.